The summed E-state index contributed by atoms with van der Waals surface area (Å²) in [6.07, 6.45) is 4.26. The number of hydrogen-bond acceptors (Lipinski definition) is 5. The number of pyridine rings is 2. The van der Waals surface area contributed by atoms with Crippen molar-refractivity contribution in [3.63, 3.8) is 0 Å². The fraction of sp³-hybridized carbons (Fsp3) is 0. The first-order chi connectivity index (χ1) is 14.6. The van der Waals surface area contributed by atoms with Crippen LogP contribution in [-0.4, -0.2) is 26.8 Å². The van der Waals surface area contributed by atoms with E-state index in [4.69, 9.17) is 11.6 Å². The van der Waals surface area contributed by atoms with E-state index in [1.807, 2.05) is 0 Å². The molecule has 148 valence electrons. The minimum atomic E-state index is -0.456. The molecule has 4 rings (SSSR count). The van der Waals surface area contributed by atoms with Crippen LogP contribution in [0.4, 0.5) is 0 Å². The number of nitrogens with zero attached hydrogens (tertiary/aromatic N) is 3. The standard InChI is InChI=1S/C22H15ClN4O3/c23-18-9-3-4-10-19(18)27-21(29)16-8-2-1-7-15(16)17(22(27)30)13-25-26-20(28)14-6-5-11-24-12-14/h1-13,30H,(H,26,28)/b25-13+. The Morgan fingerprint density at radius 3 is 2.53 bits per heavy atom. The Labute approximate surface area is 175 Å². The summed E-state index contributed by atoms with van der Waals surface area (Å²) in [7, 11) is 0. The molecule has 2 heterocycles. The molecule has 2 aromatic carbocycles. The molecule has 0 aliphatic carbocycles. The van der Waals surface area contributed by atoms with E-state index in [1.54, 1.807) is 66.9 Å². The summed E-state index contributed by atoms with van der Waals surface area (Å²) >= 11 is 6.25. The number of hydrazone groups is 1. The van der Waals surface area contributed by atoms with Gasteiger partial charge in [-0.15, -0.1) is 0 Å². The van der Waals surface area contributed by atoms with E-state index in [0.29, 0.717) is 27.0 Å². The molecule has 2 aromatic heterocycles. The number of aromatic hydroxyl groups is 1. The molecule has 0 atom stereocenters. The van der Waals surface area contributed by atoms with Gasteiger partial charge in [0.1, 0.15) is 0 Å². The van der Waals surface area contributed by atoms with Gasteiger partial charge in [-0.2, -0.15) is 5.10 Å². The fourth-order valence-electron chi connectivity index (χ4n) is 3.06. The Hall–Kier alpha value is -3.97. The van der Waals surface area contributed by atoms with Gasteiger partial charge in [0.15, 0.2) is 0 Å². The van der Waals surface area contributed by atoms with Crippen LogP contribution in [0.3, 0.4) is 0 Å². The summed E-state index contributed by atoms with van der Waals surface area (Å²) in [4.78, 5) is 29.1. The lowest BCUT2D eigenvalue weighted by Crippen LogP contribution is -2.21. The van der Waals surface area contributed by atoms with Crippen LogP contribution >= 0.6 is 11.6 Å². The van der Waals surface area contributed by atoms with Gasteiger partial charge in [-0.25, -0.2) is 9.99 Å². The molecule has 0 aliphatic rings. The van der Waals surface area contributed by atoms with Crippen LogP contribution in [0.25, 0.3) is 16.5 Å². The molecule has 8 heteroatoms. The largest absolute Gasteiger partial charge is 0.494 e. The topological polar surface area (TPSA) is 96.6 Å². The highest BCUT2D eigenvalue weighted by Gasteiger charge is 2.17. The zero-order chi connectivity index (χ0) is 21.1. The van der Waals surface area contributed by atoms with Gasteiger partial charge in [0.2, 0.25) is 5.88 Å². The van der Waals surface area contributed by atoms with Crippen molar-refractivity contribution < 1.29 is 9.90 Å². The second kappa shape index (κ2) is 8.18. The van der Waals surface area contributed by atoms with Crippen molar-refractivity contribution >= 4 is 34.5 Å². The lowest BCUT2D eigenvalue weighted by atomic mass is 10.1. The van der Waals surface area contributed by atoms with Crippen molar-refractivity contribution in [1.29, 1.82) is 0 Å². The van der Waals surface area contributed by atoms with Crippen LogP contribution in [0.2, 0.25) is 5.02 Å². The van der Waals surface area contributed by atoms with Gasteiger partial charge < -0.3 is 5.11 Å². The lowest BCUT2D eigenvalue weighted by molar-refractivity contribution is 0.0954. The van der Waals surface area contributed by atoms with Gasteiger partial charge in [-0.3, -0.25) is 14.6 Å². The van der Waals surface area contributed by atoms with Crippen LogP contribution in [0.5, 0.6) is 5.88 Å². The van der Waals surface area contributed by atoms with Crippen molar-refractivity contribution in [2.24, 2.45) is 5.10 Å². The Morgan fingerprint density at radius 2 is 1.80 bits per heavy atom. The van der Waals surface area contributed by atoms with E-state index in [1.165, 1.54) is 12.4 Å². The molecule has 0 aliphatic heterocycles. The van der Waals surface area contributed by atoms with E-state index in [2.05, 4.69) is 15.5 Å². The van der Waals surface area contributed by atoms with Crippen molar-refractivity contribution in [2.75, 3.05) is 0 Å². The molecule has 30 heavy (non-hydrogen) atoms. The number of carbonyl (C=O) groups excluding carboxylic acids is 1. The normalized spacial score (nSPS) is 11.1. The van der Waals surface area contributed by atoms with Crippen LogP contribution in [-0.2, 0) is 0 Å². The number of aromatic nitrogens is 2. The number of carbonyl (C=O) groups is 1. The number of para-hydroxylation sites is 1. The van der Waals surface area contributed by atoms with Gasteiger partial charge in [0, 0.05) is 23.2 Å². The molecule has 0 bridgehead atoms. The quantitative estimate of drug-likeness (QED) is 0.391. The van der Waals surface area contributed by atoms with E-state index in [0.717, 1.165) is 4.57 Å². The minimum absolute atomic E-state index is 0.261. The third-order valence-corrected chi connectivity index (χ3v) is 4.80. The zero-order valence-electron chi connectivity index (χ0n) is 15.5. The molecule has 0 saturated heterocycles. The Kier molecular flexibility index (Phi) is 5.28. The number of amides is 1. The van der Waals surface area contributed by atoms with Crippen molar-refractivity contribution in [3.8, 4) is 11.6 Å². The molecule has 1 amide bonds. The fourth-order valence-corrected chi connectivity index (χ4v) is 3.28. The third kappa shape index (κ3) is 3.54. The average Bonchev–Trinajstić information content (AvgIpc) is 2.78. The molecule has 0 saturated carbocycles. The predicted molar refractivity (Wildman–Crippen MR) is 116 cm³/mol. The van der Waals surface area contributed by atoms with E-state index < -0.39 is 11.5 Å². The number of halogens is 1. The van der Waals surface area contributed by atoms with Crippen LogP contribution in [0, 0.1) is 0 Å². The second-order valence-corrected chi connectivity index (χ2v) is 6.72. The zero-order valence-corrected chi connectivity index (χ0v) is 16.2. The number of rotatable bonds is 4. The van der Waals surface area contributed by atoms with Crippen molar-refractivity contribution in [1.82, 2.24) is 15.0 Å². The van der Waals surface area contributed by atoms with Crippen molar-refractivity contribution in [2.45, 2.75) is 0 Å². The third-order valence-electron chi connectivity index (χ3n) is 4.48. The molecule has 0 fully saturated rings. The summed E-state index contributed by atoms with van der Waals surface area (Å²) in [5.41, 5.74) is 2.90. The van der Waals surface area contributed by atoms with E-state index >= 15 is 0 Å². The molecule has 0 spiro atoms. The summed E-state index contributed by atoms with van der Waals surface area (Å²) in [5.74, 6) is -0.797. The molecule has 0 radical (unpaired) electrons. The predicted octanol–water partition coefficient (Wildman–Crippen LogP) is 3.51. The highest BCUT2D eigenvalue weighted by Crippen LogP contribution is 2.28. The smallest absolute Gasteiger partial charge is 0.272 e. The number of benzene rings is 2. The van der Waals surface area contributed by atoms with Crippen LogP contribution in [0.15, 0.2) is 83.0 Å². The molecule has 2 N–H and O–H groups in total. The van der Waals surface area contributed by atoms with Gasteiger partial charge in [-0.1, -0.05) is 41.9 Å². The first kappa shape index (κ1) is 19.4. The number of fused-ring (bicyclic) bond motifs is 1. The summed E-state index contributed by atoms with van der Waals surface area (Å²) in [6.45, 7) is 0. The maximum absolute atomic E-state index is 13.0. The number of nitrogens with one attached hydrogen (secondary N) is 1. The van der Waals surface area contributed by atoms with Crippen LogP contribution < -0.4 is 11.0 Å². The minimum Gasteiger partial charge on any atom is -0.494 e. The first-order valence-electron chi connectivity index (χ1n) is 8.93. The van der Waals surface area contributed by atoms with Crippen molar-refractivity contribution in [3.05, 3.63) is 99.6 Å². The van der Waals surface area contributed by atoms with Gasteiger partial charge in [-0.05, 0) is 30.3 Å². The maximum Gasteiger partial charge on any atom is 0.272 e. The lowest BCUT2D eigenvalue weighted by Gasteiger charge is -2.14. The molecule has 4 aromatic rings. The SMILES string of the molecule is O=C(N/N=C/c1c(O)n(-c2ccccc2Cl)c(=O)c2ccccc12)c1cccnc1. The molecule has 0 unspecified atom stereocenters. The average molecular weight is 419 g/mol. The summed E-state index contributed by atoms with van der Waals surface area (Å²) in [6, 6.07) is 16.7. The highest BCUT2D eigenvalue weighted by molar-refractivity contribution is 6.32. The molecular formula is C22H15ClN4O3. The second-order valence-electron chi connectivity index (χ2n) is 6.32. The van der Waals surface area contributed by atoms with E-state index in [9.17, 15) is 14.7 Å². The van der Waals surface area contributed by atoms with Crippen LogP contribution in [0.1, 0.15) is 15.9 Å². The summed E-state index contributed by atoms with van der Waals surface area (Å²) in [5, 5.41) is 16.0. The monoisotopic (exact) mass is 418 g/mol. The Morgan fingerprint density at radius 1 is 1.07 bits per heavy atom. The Balaban J connectivity index is 1.82. The van der Waals surface area contributed by atoms with Gasteiger partial charge >= 0.3 is 0 Å². The number of hydrogen-bond donors (Lipinski definition) is 2. The maximum atomic E-state index is 13.0. The molecule has 7 nitrogen and oxygen atoms in total. The molecular weight excluding hydrogens is 404 g/mol. The highest BCUT2D eigenvalue weighted by atomic mass is 35.5. The Bertz CT molecular complexity index is 1330. The summed E-state index contributed by atoms with van der Waals surface area (Å²) < 4.78 is 1.12. The van der Waals surface area contributed by atoms with Gasteiger partial charge in [0.05, 0.1) is 28.1 Å². The van der Waals surface area contributed by atoms with E-state index in [-0.39, 0.29) is 11.4 Å². The van der Waals surface area contributed by atoms with Gasteiger partial charge in [0.25, 0.3) is 11.5 Å². The first-order valence-corrected chi connectivity index (χ1v) is 9.31.